The second kappa shape index (κ2) is 15.5. The van der Waals surface area contributed by atoms with E-state index in [1.54, 1.807) is 7.11 Å². The Kier molecular flexibility index (Phi) is 11.8. The summed E-state index contributed by atoms with van der Waals surface area (Å²) >= 11 is 0. The monoisotopic (exact) mass is 565 g/mol. The van der Waals surface area contributed by atoms with Gasteiger partial charge in [0, 0.05) is 25.7 Å². The van der Waals surface area contributed by atoms with E-state index in [9.17, 15) is 4.79 Å². The minimum Gasteiger partial charge on any atom is -0.496 e. The molecular weight excluding hydrogens is 514 g/mol. The Labute approximate surface area is 247 Å². The van der Waals surface area contributed by atoms with Gasteiger partial charge >= 0.3 is 0 Å². The number of ether oxygens (including phenoxy) is 3. The summed E-state index contributed by atoms with van der Waals surface area (Å²) in [6.07, 6.45) is 8.13. The molecule has 2 unspecified atom stereocenters. The normalized spacial score (nSPS) is 18.3. The number of carbonyl (C=O) groups excluding carboxylic acids is 1. The molecule has 2 heterocycles. The molecule has 0 aliphatic carbocycles. The molecule has 0 N–H and O–H groups in total. The fourth-order valence-corrected chi connectivity index (χ4v) is 6.31. The van der Waals surface area contributed by atoms with Crippen molar-refractivity contribution in [3.8, 4) is 17.2 Å². The van der Waals surface area contributed by atoms with E-state index in [2.05, 4.69) is 66.9 Å². The van der Waals surface area contributed by atoms with Gasteiger partial charge in [0.05, 0.1) is 13.7 Å². The number of fused-ring (bicyclic) bond motifs is 1. The lowest BCUT2D eigenvalue weighted by molar-refractivity contribution is -0.132. The Balaban J connectivity index is 1.53. The van der Waals surface area contributed by atoms with Crippen LogP contribution in [0.1, 0.15) is 75.0 Å². The van der Waals surface area contributed by atoms with Crippen molar-refractivity contribution in [2.24, 2.45) is 0 Å². The first-order chi connectivity index (χ1) is 19.9. The summed E-state index contributed by atoms with van der Waals surface area (Å²) in [5.41, 5.74) is 3.78. The van der Waals surface area contributed by atoms with Crippen LogP contribution in [0.25, 0.3) is 0 Å². The molecule has 1 amide bonds. The fraction of sp³-hybridized carbons (Fsp3) is 0.618. The number of unbranched alkanes of at least 4 members (excludes halogenated alkanes) is 1. The number of carbonyl (C=O) groups is 1. The number of hydrogen-bond donors (Lipinski definition) is 0. The standard InChI is InChI=1S/C34H51N3O4/c1-6-8-18-36(19-11-17-35(3)4)33(38)24-37-23-29(21-30(37)16-15-26-13-9-10-14-31(26)39-5)28-20-27(12-7-2)34-32(22-28)40-25-41-34/h9-10,13-14,20,22,29-30H,6-8,11-12,15-19,21,23-25H2,1-5H3. The van der Waals surface area contributed by atoms with Crippen LogP contribution in [-0.4, -0.2) is 87.4 Å². The van der Waals surface area contributed by atoms with Gasteiger partial charge < -0.3 is 24.0 Å². The van der Waals surface area contributed by atoms with Crippen LogP contribution < -0.4 is 14.2 Å². The van der Waals surface area contributed by atoms with Gasteiger partial charge in [0.1, 0.15) is 5.75 Å². The Bertz CT molecular complexity index is 1120. The first-order valence-electron chi connectivity index (χ1n) is 15.6. The molecule has 1 saturated heterocycles. The molecular formula is C34H51N3O4. The summed E-state index contributed by atoms with van der Waals surface area (Å²) in [4.78, 5) is 20.5. The lowest BCUT2D eigenvalue weighted by atomic mass is 9.91. The van der Waals surface area contributed by atoms with Crippen LogP contribution in [0.2, 0.25) is 0 Å². The van der Waals surface area contributed by atoms with Gasteiger partial charge in [-0.05, 0) is 93.9 Å². The quantitative estimate of drug-likeness (QED) is 0.259. The molecule has 0 bridgehead atoms. The van der Waals surface area contributed by atoms with Crippen molar-refractivity contribution in [3.05, 3.63) is 53.1 Å². The van der Waals surface area contributed by atoms with Crippen molar-refractivity contribution in [1.82, 2.24) is 14.7 Å². The van der Waals surface area contributed by atoms with Crippen LogP contribution >= 0.6 is 0 Å². The van der Waals surface area contributed by atoms with Gasteiger partial charge in [0.2, 0.25) is 12.7 Å². The average Bonchev–Trinajstić information content (AvgIpc) is 3.61. The maximum absolute atomic E-state index is 13.8. The van der Waals surface area contributed by atoms with E-state index in [1.807, 2.05) is 12.1 Å². The van der Waals surface area contributed by atoms with Gasteiger partial charge in [0.15, 0.2) is 11.5 Å². The number of benzene rings is 2. The van der Waals surface area contributed by atoms with Gasteiger partial charge in [0.25, 0.3) is 0 Å². The highest BCUT2D eigenvalue weighted by Gasteiger charge is 2.35. The molecule has 0 spiro atoms. The van der Waals surface area contributed by atoms with E-state index in [4.69, 9.17) is 14.2 Å². The minimum absolute atomic E-state index is 0.262. The molecule has 41 heavy (non-hydrogen) atoms. The van der Waals surface area contributed by atoms with Crippen molar-refractivity contribution in [1.29, 1.82) is 0 Å². The second-order valence-corrected chi connectivity index (χ2v) is 11.9. The number of nitrogens with zero attached hydrogens (tertiary/aromatic N) is 3. The molecule has 0 saturated carbocycles. The first kappa shape index (κ1) is 31.2. The summed E-state index contributed by atoms with van der Waals surface area (Å²) < 4.78 is 17.3. The lowest BCUT2D eigenvalue weighted by Crippen LogP contribution is -2.43. The van der Waals surface area contributed by atoms with Crippen molar-refractivity contribution >= 4 is 5.91 Å². The maximum Gasteiger partial charge on any atom is 0.236 e. The third kappa shape index (κ3) is 8.39. The molecule has 7 nitrogen and oxygen atoms in total. The zero-order valence-corrected chi connectivity index (χ0v) is 26.0. The summed E-state index contributed by atoms with van der Waals surface area (Å²) in [5, 5.41) is 0. The maximum atomic E-state index is 13.8. The summed E-state index contributed by atoms with van der Waals surface area (Å²) in [6, 6.07) is 13.1. The third-order valence-electron chi connectivity index (χ3n) is 8.54. The number of aryl methyl sites for hydroxylation is 2. The van der Waals surface area contributed by atoms with E-state index >= 15 is 0 Å². The number of para-hydroxylation sites is 1. The Morgan fingerprint density at radius 2 is 1.80 bits per heavy atom. The predicted octanol–water partition coefficient (Wildman–Crippen LogP) is 5.75. The molecule has 1 fully saturated rings. The van der Waals surface area contributed by atoms with Crippen molar-refractivity contribution in [2.75, 3.05) is 60.7 Å². The SMILES string of the molecule is CCCCN(CCCN(C)C)C(=O)CN1CC(c2cc(CCC)c3c(c2)OCO3)CC1CCc1ccccc1OC. The van der Waals surface area contributed by atoms with Crippen molar-refractivity contribution in [3.63, 3.8) is 0 Å². The zero-order valence-electron chi connectivity index (χ0n) is 26.0. The summed E-state index contributed by atoms with van der Waals surface area (Å²) in [6.45, 7) is 8.71. The summed E-state index contributed by atoms with van der Waals surface area (Å²) in [5.74, 6) is 3.34. The van der Waals surface area contributed by atoms with Gasteiger partial charge in [-0.15, -0.1) is 0 Å². The molecule has 0 aromatic heterocycles. The van der Waals surface area contributed by atoms with E-state index in [-0.39, 0.29) is 5.91 Å². The highest BCUT2D eigenvalue weighted by molar-refractivity contribution is 5.78. The molecule has 4 rings (SSSR count). The number of amides is 1. The Morgan fingerprint density at radius 1 is 1.00 bits per heavy atom. The van der Waals surface area contributed by atoms with Crippen LogP contribution in [-0.2, 0) is 17.6 Å². The second-order valence-electron chi connectivity index (χ2n) is 11.9. The van der Waals surface area contributed by atoms with Gasteiger partial charge in [-0.2, -0.15) is 0 Å². The first-order valence-corrected chi connectivity index (χ1v) is 15.6. The molecule has 2 atom stereocenters. The molecule has 7 heteroatoms. The van der Waals surface area contributed by atoms with Crippen molar-refractivity contribution < 1.29 is 19.0 Å². The largest absolute Gasteiger partial charge is 0.496 e. The van der Waals surface area contributed by atoms with Gasteiger partial charge in [-0.3, -0.25) is 9.69 Å². The third-order valence-corrected chi connectivity index (χ3v) is 8.54. The molecule has 2 aliphatic rings. The average molecular weight is 566 g/mol. The molecule has 0 radical (unpaired) electrons. The topological polar surface area (TPSA) is 54.5 Å². The van der Waals surface area contributed by atoms with Crippen LogP contribution in [0, 0.1) is 0 Å². The lowest BCUT2D eigenvalue weighted by Gasteiger charge is -2.29. The Hall–Kier alpha value is -2.77. The summed E-state index contributed by atoms with van der Waals surface area (Å²) in [7, 11) is 5.93. The Morgan fingerprint density at radius 3 is 2.56 bits per heavy atom. The number of rotatable bonds is 16. The fourth-order valence-electron chi connectivity index (χ4n) is 6.31. The van der Waals surface area contributed by atoms with Crippen molar-refractivity contribution in [2.45, 2.75) is 77.2 Å². The highest BCUT2D eigenvalue weighted by atomic mass is 16.7. The minimum atomic E-state index is 0.262. The van der Waals surface area contributed by atoms with Crippen LogP contribution in [0.4, 0.5) is 0 Å². The van der Waals surface area contributed by atoms with Crippen LogP contribution in [0.3, 0.4) is 0 Å². The van der Waals surface area contributed by atoms with E-state index in [0.717, 1.165) is 94.8 Å². The predicted molar refractivity (Wildman–Crippen MR) is 165 cm³/mol. The number of methoxy groups -OCH3 is 1. The molecule has 2 aromatic carbocycles. The molecule has 2 aromatic rings. The zero-order chi connectivity index (χ0) is 29.2. The smallest absolute Gasteiger partial charge is 0.236 e. The van der Waals surface area contributed by atoms with Gasteiger partial charge in [-0.1, -0.05) is 51.0 Å². The van der Waals surface area contributed by atoms with Gasteiger partial charge in [-0.25, -0.2) is 0 Å². The number of hydrogen-bond acceptors (Lipinski definition) is 6. The molecule has 226 valence electrons. The van der Waals surface area contributed by atoms with E-state index < -0.39 is 0 Å². The van der Waals surface area contributed by atoms with E-state index in [1.165, 1.54) is 16.7 Å². The highest BCUT2D eigenvalue weighted by Crippen LogP contribution is 2.42. The van der Waals surface area contributed by atoms with Crippen LogP contribution in [0.5, 0.6) is 17.2 Å². The molecule has 2 aliphatic heterocycles. The van der Waals surface area contributed by atoms with Crippen LogP contribution in [0.15, 0.2) is 36.4 Å². The van der Waals surface area contributed by atoms with E-state index in [0.29, 0.717) is 25.3 Å². The number of likely N-dealkylation sites (tertiary alicyclic amines) is 1.